The van der Waals surface area contributed by atoms with E-state index >= 15 is 0 Å². The topological polar surface area (TPSA) is 144 Å². The van der Waals surface area contributed by atoms with Crippen LogP contribution in [0, 0.1) is 0 Å². The number of likely N-dealkylation sites (tertiary alicyclic amines) is 1. The first kappa shape index (κ1) is 29.9. The number of hydrogen-bond donors (Lipinski definition) is 2. The van der Waals surface area contributed by atoms with Crippen molar-refractivity contribution in [3.63, 3.8) is 0 Å². The van der Waals surface area contributed by atoms with E-state index in [1.165, 1.54) is 12.3 Å². The molecule has 0 aromatic carbocycles. The maximum Gasteiger partial charge on any atom is 0.417 e. The molecule has 0 atom stereocenters. The fourth-order valence-electron chi connectivity index (χ4n) is 4.54. The Kier molecular flexibility index (Phi) is 8.33. The Balaban J connectivity index is 1.04. The van der Waals surface area contributed by atoms with Crippen LogP contribution in [0.25, 0.3) is 11.0 Å². The number of fused-ring (bicyclic) bond motifs is 1. The Morgan fingerprint density at radius 3 is 2.56 bits per heavy atom. The van der Waals surface area contributed by atoms with E-state index in [2.05, 4.69) is 41.9 Å². The molecule has 5 heterocycles. The Hall–Kier alpha value is -4.56. The smallest absolute Gasteiger partial charge is 0.417 e. The van der Waals surface area contributed by atoms with E-state index in [9.17, 15) is 22.8 Å². The van der Waals surface area contributed by atoms with Crippen LogP contribution in [0.5, 0.6) is 0 Å². The van der Waals surface area contributed by atoms with Crippen LogP contribution in [-0.4, -0.2) is 70.8 Å². The minimum Gasteiger partial charge on any atom is -0.444 e. The minimum atomic E-state index is -4.47. The maximum absolute atomic E-state index is 12.7. The molecule has 0 aliphatic carbocycles. The number of rotatable bonds is 9. The number of nitrogens with one attached hydrogen (secondary N) is 2. The van der Waals surface area contributed by atoms with Gasteiger partial charge in [-0.3, -0.25) is 14.5 Å². The first-order valence-corrected chi connectivity index (χ1v) is 13.9. The lowest BCUT2D eigenvalue weighted by molar-refractivity contribution is -0.137. The van der Waals surface area contributed by atoms with Gasteiger partial charge in [-0.15, -0.1) is 10.2 Å². The highest BCUT2D eigenvalue weighted by Gasteiger charge is 2.35. The predicted octanol–water partition coefficient (Wildman–Crippen LogP) is 4.25. The van der Waals surface area contributed by atoms with Gasteiger partial charge in [-0.25, -0.2) is 4.79 Å². The molecular weight excluding hydrogens is 567 g/mol. The lowest BCUT2D eigenvalue weighted by Gasteiger charge is -2.39. The molecular formula is C28H32F3N9O3. The number of carbonyl (C=O) groups is 2. The second-order valence-corrected chi connectivity index (χ2v) is 11.5. The SMILES string of the molecule is CC(C)(C)OC(=O)N1CC(c2cc3cc(CCCCn4cc(C(=O)NCc5ccc(C(F)(F)F)cn5)nn4)nnc3[nH]2)C1. The highest BCUT2D eigenvalue weighted by molar-refractivity contribution is 5.91. The molecule has 0 bridgehead atoms. The fourth-order valence-corrected chi connectivity index (χ4v) is 4.54. The molecule has 0 unspecified atom stereocenters. The number of halogens is 3. The first-order chi connectivity index (χ1) is 20.3. The van der Waals surface area contributed by atoms with Gasteiger partial charge in [-0.05, 0) is 64.3 Å². The summed E-state index contributed by atoms with van der Waals surface area (Å²) >= 11 is 0. The molecule has 4 aromatic heterocycles. The van der Waals surface area contributed by atoms with Gasteiger partial charge in [0.05, 0.1) is 29.7 Å². The molecule has 5 rings (SSSR count). The molecule has 1 saturated heterocycles. The van der Waals surface area contributed by atoms with Crippen molar-refractivity contribution in [2.24, 2.45) is 0 Å². The van der Waals surface area contributed by atoms with Crippen LogP contribution in [0.3, 0.4) is 0 Å². The summed E-state index contributed by atoms with van der Waals surface area (Å²) in [4.78, 5) is 33.3. The Morgan fingerprint density at radius 2 is 1.86 bits per heavy atom. The number of nitrogens with zero attached hydrogens (tertiary/aromatic N) is 7. The average molecular weight is 600 g/mol. The van der Waals surface area contributed by atoms with Gasteiger partial charge in [0.1, 0.15) is 5.60 Å². The van der Waals surface area contributed by atoms with Gasteiger partial charge in [0.2, 0.25) is 0 Å². The Bertz CT molecular complexity index is 1590. The number of amides is 2. The van der Waals surface area contributed by atoms with E-state index in [4.69, 9.17) is 4.74 Å². The van der Waals surface area contributed by atoms with Crippen molar-refractivity contribution < 1.29 is 27.5 Å². The van der Waals surface area contributed by atoms with Crippen LogP contribution in [0.4, 0.5) is 18.0 Å². The molecule has 0 spiro atoms. The molecule has 43 heavy (non-hydrogen) atoms. The lowest BCUT2D eigenvalue weighted by atomic mass is 9.97. The highest BCUT2D eigenvalue weighted by Crippen LogP contribution is 2.30. The zero-order valence-corrected chi connectivity index (χ0v) is 24.0. The number of carbonyl (C=O) groups excluding carboxylic acids is 2. The van der Waals surface area contributed by atoms with Crippen LogP contribution in [0.1, 0.15) is 72.7 Å². The summed E-state index contributed by atoms with van der Waals surface area (Å²) in [5, 5.41) is 20.1. The van der Waals surface area contributed by atoms with E-state index in [-0.39, 0.29) is 24.2 Å². The molecule has 4 aromatic rings. The van der Waals surface area contributed by atoms with E-state index < -0.39 is 23.2 Å². The summed E-state index contributed by atoms with van der Waals surface area (Å²) in [6, 6.07) is 6.20. The van der Waals surface area contributed by atoms with E-state index in [1.54, 1.807) is 9.58 Å². The van der Waals surface area contributed by atoms with Gasteiger partial charge in [-0.1, -0.05) is 5.21 Å². The first-order valence-electron chi connectivity index (χ1n) is 13.9. The molecule has 2 N–H and O–H groups in total. The number of unbranched alkanes of at least 4 members (excludes halogenated alkanes) is 1. The number of alkyl halides is 3. The minimum absolute atomic E-state index is 0.0387. The zero-order valence-electron chi connectivity index (χ0n) is 24.0. The Labute approximate surface area is 245 Å². The van der Waals surface area contributed by atoms with Gasteiger partial charge < -0.3 is 19.9 Å². The van der Waals surface area contributed by atoms with Gasteiger partial charge in [-0.2, -0.15) is 18.3 Å². The van der Waals surface area contributed by atoms with Crippen molar-refractivity contribution >= 4 is 23.0 Å². The second kappa shape index (κ2) is 12.0. The monoisotopic (exact) mass is 599 g/mol. The number of hydrogen-bond acceptors (Lipinski definition) is 8. The number of ether oxygens (including phenoxy) is 1. The van der Waals surface area contributed by atoms with Crippen molar-refractivity contribution in [3.05, 3.63) is 65.0 Å². The summed E-state index contributed by atoms with van der Waals surface area (Å²) in [5.74, 6) is -0.303. The molecule has 15 heteroatoms. The van der Waals surface area contributed by atoms with Gasteiger partial charge in [0.25, 0.3) is 5.91 Å². The second-order valence-electron chi connectivity index (χ2n) is 11.5. The number of aromatic nitrogens is 7. The molecule has 1 aliphatic heterocycles. The lowest BCUT2D eigenvalue weighted by Crippen LogP contribution is -2.50. The van der Waals surface area contributed by atoms with Crippen LogP contribution < -0.4 is 5.32 Å². The van der Waals surface area contributed by atoms with Crippen LogP contribution >= 0.6 is 0 Å². The highest BCUT2D eigenvalue weighted by atomic mass is 19.4. The molecule has 0 radical (unpaired) electrons. The summed E-state index contributed by atoms with van der Waals surface area (Å²) < 4.78 is 45.0. The largest absolute Gasteiger partial charge is 0.444 e. The fraction of sp³-hybridized carbons (Fsp3) is 0.464. The summed E-state index contributed by atoms with van der Waals surface area (Å²) in [6.45, 7) is 7.22. The summed E-state index contributed by atoms with van der Waals surface area (Å²) in [6.07, 6.45) is -0.233. The van der Waals surface area contributed by atoms with Crippen molar-refractivity contribution in [3.8, 4) is 0 Å². The average Bonchev–Trinajstić information content (AvgIpc) is 3.54. The number of aromatic amines is 1. The number of H-pyrrole nitrogens is 1. The van der Waals surface area contributed by atoms with E-state index in [0.717, 1.165) is 41.9 Å². The molecule has 1 fully saturated rings. The van der Waals surface area contributed by atoms with Crippen molar-refractivity contribution in [2.75, 3.05) is 13.1 Å². The molecule has 0 saturated carbocycles. The van der Waals surface area contributed by atoms with Crippen LogP contribution in [0.2, 0.25) is 0 Å². The predicted molar refractivity (Wildman–Crippen MR) is 148 cm³/mol. The Morgan fingerprint density at radius 1 is 1.07 bits per heavy atom. The molecule has 1 aliphatic rings. The molecule has 228 valence electrons. The maximum atomic E-state index is 12.7. The quantitative estimate of drug-likeness (QED) is 0.272. The standard InChI is InChI=1S/C28H32F3N9O3/c1-27(2,3)43-26(42)39-14-18(15-39)22-11-17-10-20(35-37-24(17)34-22)6-4-5-9-40-16-23(36-38-40)25(41)33-13-21-8-7-19(12-32-21)28(29,30)31/h7-8,10-12,16,18H,4-6,9,13-15H2,1-3H3,(H,33,41)(H,34,37). The molecule has 2 amide bonds. The van der Waals surface area contributed by atoms with Gasteiger partial charge >= 0.3 is 12.3 Å². The third-order valence-electron chi connectivity index (χ3n) is 6.84. The van der Waals surface area contributed by atoms with E-state index in [0.29, 0.717) is 37.4 Å². The van der Waals surface area contributed by atoms with Gasteiger partial charge in [0.15, 0.2) is 11.3 Å². The number of aryl methyl sites for hydroxylation is 2. The zero-order chi connectivity index (χ0) is 30.8. The number of pyridine rings is 1. The van der Waals surface area contributed by atoms with Crippen molar-refractivity contribution in [2.45, 2.75) is 70.8 Å². The van der Waals surface area contributed by atoms with Gasteiger partial charge in [0, 0.05) is 42.8 Å². The third kappa shape index (κ3) is 7.64. The van der Waals surface area contributed by atoms with Crippen molar-refractivity contribution in [1.82, 2.24) is 45.4 Å². The van der Waals surface area contributed by atoms with E-state index in [1.807, 2.05) is 26.8 Å². The third-order valence-corrected chi connectivity index (χ3v) is 6.84. The summed E-state index contributed by atoms with van der Waals surface area (Å²) in [5.41, 5.74) is 1.60. The van der Waals surface area contributed by atoms with Crippen LogP contribution in [-0.2, 0) is 30.4 Å². The summed E-state index contributed by atoms with van der Waals surface area (Å²) in [7, 11) is 0. The van der Waals surface area contributed by atoms with Crippen LogP contribution in [0.15, 0.2) is 36.7 Å². The van der Waals surface area contributed by atoms with Crippen molar-refractivity contribution in [1.29, 1.82) is 0 Å². The normalized spacial score (nSPS) is 14.1. The molecule has 12 nitrogen and oxygen atoms in total.